The van der Waals surface area contributed by atoms with Gasteiger partial charge in [0.1, 0.15) is 17.2 Å². The highest BCUT2D eigenvalue weighted by Gasteiger charge is 2.07. The highest BCUT2D eigenvalue weighted by molar-refractivity contribution is 6.30. The number of nitrogens with one attached hydrogen (secondary N) is 2. The predicted molar refractivity (Wildman–Crippen MR) is 113 cm³/mol. The van der Waals surface area contributed by atoms with E-state index in [4.69, 9.17) is 16.3 Å². The molecule has 6 nitrogen and oxygen atoms in total. The van der Waals surface area contributed by atoms with Crippen LogP contribution < -0.4 is 15.4 Å². The quantitative estimate of drug-likeness (QED) is 0.603. The smallest absolute Gasteiger partial charge is 0.269 e. The molecule has 2 N–H and O–H groups in total. The average molecular weight is 410 g/mol. The first kappa shape index (κ1) is 20.4. The van der Waals surface area contributed by atoms with Crippen molar-refractivity contribution in [2.75, 3.05) is 12.4 Å². The largest absolute Gasteiger partial charge is 0.457 e. The van der Waals surface area contributed by atoms with Crippen molar-refractivity contribution in [3.63, 3.8) is 0 Å². The molecule has 0 aliphatic carbocycles. The summed E-state index contributed by atoms with van der Waals surface area (Å²) in [5.74, 6) is 0.816. The predicted octanol–water partition coefficient (Wildman–Crippen LogP) is 4.46. The lowest BCUT2D eigenvalue weighted by Crippen LogP contribution is -2.18. The van der Waals surface area contributed by atoms with E-state index in [1.54, 1.807) is 43.4 Å². The molecular formula is C22H20ClN3O3. The van der Waals surface area contributed by atoms with Gasteiger partial charge in [0.25, 0.3) is 5.91 Å². The molecule has 0 radical (unpaired) electrons. The Morgan fingerprint density at radius 2 is 1.72 bits per heavy atom. The summed E-state index contributed by atoms with van der Waals surface area (Å²) in [5, 5.41) is 5.99. The number of halogens is 1. The topological polar surface area (TPSA) is 80.3 Å². The van der Waals surface area contributed by atoms with E-state index < -0.39 is 0 Å². The van der Waals surface area contributed by atoms with E-state index in [9.17, 15) is 9.59 Å². The Labute approximate surface area is 173 Å². The molecular weight excluding hydrogens is 390 g/mol. The average Bonchev–Trinajstić information content (AvgIpc) is 2.74. The van der Waals surface area contributed by atoms with E-state index in [1.165, 1.54) is 6.20 Å². The molecule has 0 aliphatic rings. The molecule has 29 heavy (non-hydrogen) atoms. The van der Waals surface area contributed by atoms with Crippen molar-refractivity contribution in [1.82, 2.24) is 10.3 Å². The van der Waals surface area contributed by atoms with E-state index in [2.05, 4.69) is 15.6 Å². The first-order chi connectivity index (χ1) is 14.0. The maximum Gasteiger partial charge on any atom is 0.269 e. The summed E-state index contributed by atoms with van der Waals surface area (Å²) in [6, 6.07) is 17.7. The number of pyridine rings is 1. The third-order valence-electron chi connectivity index (χ3n) is 4.12. The Balaban J connectivity index is 1.53. The molecule has 0 unspecified atom stereocenters. The van der Waals surface area contributed by atoms with E-state index in [0.29, 0.717) is 29.4 Å². The monoisotopic (exact) mass is 409 g/mol. The van der Waals surface area contributed by atoms with Gasteiger partial charge in [0.15, 0.2) is 0 Å². The molecule has 1 aromatic heterocycles. The van der Waals surface area contributed by atoms with Crippen LogP contribution >= 0.6 is 11.6 Å². The first-order valence-electron chi connectivity index (χ1n) is 9.04. The first-order valence-corrected chi connectivity index (χ1v) is 9.41. The van der Waals surface area contributed by atoms with Crippen LogP contribution in [0.25, 0.3) is 0 Å². The standard InChI is InChI=1S/C22H20ClN3O3/c1-24-22(28)20-14-19(12-13-25-20)29-18-9-2-15(3-10-18)4-11-21(27)26-17-7-5-16(23)6-8-17/h2-3,5-10,12-14H,4,11H2,1H3,(H,24,28)(H,26,27). The number of aryl methyl sites for hydroxylation is 1. The second kappa shape index (κ2) is 9.71. The highest BCUT2D eigenvalue weighted by atomic mass is 35.5. The fraction of sp³-hybridized carbons (Fsp3) is 0.136. The van der Waals surface area contributed by atoms with Crippen molar-refractivity contribution >= 4 is 29.1 Å². The number of hydrogen-bond acceptors (Lipinski definition) is 4. The van der Waals surface area contributed by atoms with Gasteiger partial charge in [0.2, 0.25) is 5.91 Å². The Bertz CT molecular complexity index is 989. The number of benzene rings is 2. The van der Waals surface area contributed by atoms with Crippen LogP contribution in [0.4, 0.5) is 5.69 Å². The Kier molecular flexibility index (Phi) is 6.81. The maximum absolute atomic E-state index is 12.1. The van der Waals surface area contributed by atoms with Crippen LogP contribution in [0.1, 0.15) is 22.5 Å². The maximum atomic E-state index is 12.1. The lowest BCUT2D eigenvalue weighted by Gasteiger charge is -2.08. The number of aromatic nitrogens is 1. The molecule has 0 atom stereocenters. The molecule has 7 heteroatoms. The van der Waals surface area contributed by atoms with Crippen molar-refractivity contribution < 1.29 is 14.3 Å². The molecule has 148 valence electrons. The SMILES string of the molecule is CNC(=O)c1cc(Oc2ccc(CCC(=O)Nc3ccc(Cl)cc3)cc2)ccn1. The molecule has 2 amide bonds. The van der Waals surface area contributed by atoms with Crippen LogP contribution in [0.2, 0.25) is 5.02 Å². The second-order valence-electron chi connectivity index (χ2n) is 6.26. The zero-order valence-electron chi connectivity index (χ0n) is 15.8. The normalized spacial score (nSPS) is 10.3. The van der Waals surface area contributed by atoms with E-state index in [1.807, 2.05) is 24.3 Å². The Hall–Kier alpha value is -3.38. The summed E-state index contributed by atoms with van der Waals surface area (Å²) in [6.45, 7) is 0. The summed E-state index contributed by atoms with van der Waals surface area (Å²) in [5.41, 5.74) is 2.02. The number of carbonyl (C=O) groups is 2. The number of anilines is 1. The molecule has 2 aromatic carbocycles. The van der Waals surface area contributed by atoms with Gasteiger partial charge < -0.3 is 15.4 Å². The van der Waals surface area contributed by atoms with Crippen molar-refractivity contribution in [1.29, 1.82) is 0 Å². The minimum absolute atomic E-state index is 0.0637. The number of nitrogens with zero attached hydrogens (tertiary/aromatic N) is 1. The van der Waals surface area contributed by atoms with Crippen LogP contribution in [0.15, 0.2) is 66.9 Å². The zero-order chi connectivity index (χ0) is 20.6. The summed E-state index contributed by atoms with van der Waals surface area (Å²) in [6.07, 6.45) is 2.49. The van der Waals surface area contributed by atoms with Crippen molar-refractivity contribution in [3.8, 4) is 11.5 Å². The molecule has 3 rings (SSSR count). The molecule has 0 aliphatic heterocycles. The van der Waals surface area contributed by atoms with Crippen molar-refractivity contribution in [2.45, 2.75) is 12.8 Å². The molecule has 0 fully saturated rings. The Morgan fingerprint density at radius 3 is 2.41 bits per heavy atom. The third-order valence-corrected chi connectivity index (χ3v) is 4.37. The Morgan fingerprint density at radius 1 is 1.00 bits per heavy atom. The number of amides is 2. The fourth-order valence-electron chi connectivity index (χ4n) is 2.60. The summed E-state index contributed by atoms with van der Waals surface area (Å²) in [7, 11) is 1.55. The van der Waals surface area contributed by atoms with Gasteiger partial charge in [-0.15, -0.1) is 0 Å². The van der Waals surface area contributed by atoms with Crippen LogP contribution in [-0.2, 0) is 11.2 Å². The minimum atomic E-state index is -0.275. The minimum Gasteiger partial charge on any atom is -0.457 e. The van der Waals surface area contributed by atoms with Gasteiger partial charge in [0.05, 0.1) is 0 Å². The van der Waals surface area contributed by atoms with Gasteiger partial charge in [-0.2, -0.15) is 0 Å². The summed E-state index contributed by atoms with van der Waals surface area (Å²) >= 11 is 5.84. The molecule has 3 aromatic rings. The lowest BCUT2D eigenvalue weighted by atomic mass is 10.1. The van der Waals surface area contributed by atoms with E-state index >= 15 is 0 Å². The van der Waals surface area contributed by atoms with Gasteiger partial charge in [-0.25, -0.2) is 0 Å². The van der Waals surface area contributed by atoms with Gasteiger partial charge in [-0.3, -0.25) is 14.6 Å². The highest BCUT2D eigenvalue weighted by Crippen LogP contribution is 2.22. The summed E-state index contributed by atoms with van der Waals surface area (Å²) < 4.78 is 5.77. The summed E-state index contributed by atoms with van der Waals surface area (Å²) in [4.78, 5) is 27.7. The van der Waals surface area contributed by atoms with E-state index in [0.717, 1.165) is 11.3 Å². The molecule has 0 saturated heterocycles. The van der Waals surface area contributed by atoms with Crippen molar-refractivity contribution in [2.24, 2.45) is 0 Å². The van der Waals surface area contributed by atoms with Gasteiger partial charge in [-0.1, -0.05) is 23.7 Å². The fourth-order valence-corrected chi connectivity index (χ4v) is 2.73. The van der Waals surface area contributed by atoms with Gasteiger partial charge in [-0.05, 0) is 54.4 Å². The van der Waals surface area contributed by atoms with Crippen LogP contribution in [-0.4, -0.2) is 23.8 Å². The molecule has 0 spiro atoms. The number of carbonyl (C=O) groups excluding carboxylic acids is 2. The molecule has 0 bridgehead atoms. The second-order valence-corrected chi connectivity index (χ2v) is 6.69. The lowest BCUT2D eigenvalue weighted by molar-refractivity contribution is -0.116. The van der Waals surface area contributed by atoms with E-state index in [-0.39, 0.29) is 17.5 Å². The van der Waals surface area contributed by atoms with Crippen molar-refractivity contribution in [3.05, 3.63) is 83.1 Å². The number of hydrogen-bond donors (Lipinski definition) is 2. The third kappa shape index (κ3) is 6.05. The number of ether oxygens (including phenoxy) is 1. The van der Waals surface area contributed by atoms with Crippen LogP contribution in [0.5, 0.6) is 11.5 Å². The zero-order valence-corrected chi connectivity index (χ0v) is 16.6. The molecule has 0 saturated carbocycles. The van der Waals surface area contributed by atoms with Crippen LogP contribution in [0.3, 0.4) is 0 Å². The molecule has 1 heterocycles. The van der Waals surface area contributed by atoms with Gasteiger partial charge in [0, 0.05) is 36.4 Å². The number of rotatable bonds is 7. The van der Waals surface area contributed by atoms with Gasteiger partial charge >= 0.3 is 0 Å². The van der Waals surface area contributed by atoms with Crippen LogP contribution in [0, 0.1) is 0 Å².